The van der Waals surface area contributed by atoms with Gasteiger partial charge < -0.3 is 17.0 Å². The van der Waals surface area contributed by atoms with Crippen LogP contribution in [-0.4, -0.2) is 17.0 Å². The minimum absolute atomic E-state index is 0. The van der Waals surface area contributed by atoms with Gasteiger partial charge in [0.15, 0.2) is 0 Å². The third-order valence-corrected chi connectivity index (χ3v) is 1.60. The molecule has 15 heavy (non-hydrogen) atoms. The summed E-state index contributed by atoms with van der Waals surface area (Å²) in [5, 5.41) is 8.80. The zero-order chi connectivity index (χ0) is 10.6. The van der Waals surface area contributed by atoms with Crippen LogP contribution in [0.2, 0.25) is 0 Å². The second-order valence-corrected chi connectivity index (χ2v) is 2.63. The maximum Gasteiger partial charge on any atom is 0.336 e. The van der Waals surface area contributed by atoms with Crippen molar-refractivity contribution in [1.82, 2.24) is 6.15 Å². The van der Waals surface area contributed by atoms with Crippen molar-refractivity contribution in [3.8, 4) is 0 Å². The van der Waals surface area contributed by atoms with Crippen molar-refractivity contribution < 1.29 is 14.7 Å². The van der Waals surface area contributed by atoms with E-state index in [1.807, 2.05) is 0 Å². The Hall–Kier alpha value is -2.14. The fourth-order valence-corrected chi connectivity index (χ4v) is 1.03. The lowest BCUT2D eigenvalue weighted by Crippen LogP contribution is -2.10. The van der Waals surface area contributed by atoms with Crippen LogP contribution < -0.4 is 11.9 Å². The van der Waals surface area contributed by atoms with Crippen LogP contribution in [0.25, 0.3) is 5.57 Å². The number of hydrogen-bond acceptors (Lipinski definition) is 3. The topological polar surface area (TPSA) is 115 Å². The normalized spacial score (nSPS) is 10.3. The number of carboxylic acid groups (broad SMARTS) is 1. The highest BCUT2D eigenvalue weighted by molar-refractivity contribution is 6.20. The maximum absolute atomic E-state index is 10.8. The van der Waals surface area contributed by atoms with Crippen LogP contribution in [0.1, 0.15) is 5.56 Å². The number of carbonyl (C=O) groups excluding carboxylic acids is 1. The number of amides is 1. The lowest BCUT2D eigenvalue weighted by Gasteiger charge is -2.00. The van der Waals surface area contributed by atoms with E-state index in [2.05, 4.69) is 0 Å². The Morgan fingerprint density at radius 2 is 1.73 bits per heavy atom. The van der Waals surface area contributed by atoms with E-state index in [-0.39, 0.29) is 11.7 Å². The number of rotatable bonds is 3. The van der Waals surface area contributed by atoms with Gasteiger partial charge in [-0.3, -0.25) is 4.79 Å². The molecule has 6 N–H and O–H groups in total. The first-order valence-corrected chi connectivity index (χ1v) is 3.91. The van der Waals surface area contributed by atoms with E-state index in [1.165, 1.54) is 0 Å². The number of nitrogens with two attached hydrogens (primary N) is 1. The van der Waals surface area contributed by atoms with Crippen molar-refractivity contribution in [2.45, 2.75) is 0 Å². The molecule has 0 aromatic heterocycles. The Labute approximate surface area is 86.8 Å². The molecule has 0 saturated carbocycles. The molecule has 0 heterocycles. The quantitative estimate of drug-likeness (QED) is 0.637. The van der Waals surface area contributed by atoms with E-state index in [9.17, 15) is 9.59 Å². The van der Waals surface area contributed by atoms with Gasteiger partial charge in [-0.2, -0.15) is 0 Å². The molecule has 1 amide bonds. The minimum atomic E-state index is -1.17. The van der Waals surface area contributed by atoms with E-state index in [1.54, 1.807) is 30.3 Å². The SMILES string of the molecule is N.NC(=O)/C=C(\C(=O)O)c1ccccc1. The Morgan fingerprint density at radius 1 is 1.20 bits per heavy atom. The molecule has 0 aliphatic rings. The van der Waals surface area contributed by atoms with E-state index >= 15 is 0 Å². The smallest absolute Gasteiger partial charge is 0.336 e. The van der Waals surface area contributed by atoms with Crippen LogP contribution in [0.3, 0.4) is 0 Å². The molecule has 5 nitrogen and oxygen atoms in total. The molecule has 0 atom stereocenters. The van der Waals surface area contributed by atoms with Crippen LogP contribution in [0, 0.1) is 0 Å². The average molecular weight is 208 g/mol. The lowest BCUT2D eigenvalue weighted by atomic mass is 10.1. The van der Waals surface area contributed by atoms with Gasteiger partial charge in [0.25, 0.3) is 0 Å². The van der Waals surface area contributed by atoms with Gasteiger partial charge in [0.05, 0.1) is 5.57 Å². The number of benzene rings is 1. The number of primary amides is 1. The number of carboxylic acids is 1. The number of aliphatic carboxylic acids is 1. The zero-order valence-corrected chi connectivity index (χ0v) is 8.01. The molecular formula is C10H12N2O3. The van der Waals surface area contributed by atoms with Gasteiger partial charge in [-0.25, -0.2) is 4.79 Å². The highest BCUT2D eigenvalue weighted by Crippen LogP contribution is 2.13. The second kappa shape index (κ2) is 5.56. The largest absolute Gasteiger partial charge is 0.478 e. The average Bonchev–Trinajstić information content (AvgIpc) is 2.15. The first-order chi connectivity index (χ1) is 6.61. The second-order valence-electron chi connectivity index (χ2n) is 2.63. The molecule has 1 aromatic carbocycles. The summed E-state index contributed by atoms with van der Waals surface area (Å²) < 4.78 is 0. The van der Waals surface area contributed by atoms with Gasteiger partial charge in [0.1, 0.15) is 0 Å². The van der Waals surface area contributed by atoms with Crippen molar-refractivity contribution in [2.75, 3.05) is 0 Å². The summed E-state index contributed by atoms with van der Waals surface area (Å²) in [5.41, 5.74) is 5.25. The molecule has 0 fully saturated rings. The summed E-state index contributed by atoms with van der Waals surface area (Å²) in [6, 6.07) is 8.33. The Kier molecular flexibility index (Phi) is 4.77. The van der Waals surface area contributed by atoms with Gasteiger partial charge in [0, 0.05) is 6.08 Å². The van der Waals surface area contributed by atoms with Crippen molar-refractivity contribution >= 4 is 17.4 Å². The molecule has 0 unspecified atom stereocenters. The first-order valence-electron chi connectivity index (χ1n) is 3.91. The lowest BCUT2D eigenvalue weighted by molar-refractivity contribution is -0.130. The molecule has 0 radical (unpaired) electrons. The molecule has 0 bridgehead atoms. The van der Waals surface area contributed by atoms with Gasteiger partial charge >= 0.3 is 5.97 Å². The van der Waals surface area contributed by atoms with Crippen molar-refractivity contribution in [1.29, 1.82) is 0 Å². The Bertz CT molecular complexity index is 385. The number of hydrogen-bond donors (Lipinski definition) is 3. The Balaban J connectivity index is 0.00000196. The highest BCUT2D eigenvalue weighted by atomic mass is 16.4. The van der Waals surface area contributed by atoms with Gasteiger partial charge in [-0.15, -0.1) is 0 Å². The van der Waals surface area contributed by atoms with Gasteiger partial charge in [-0.1, -0.05) is 30.3 Å². The van der Waals surface area contributed by atoms with Crippen LogP contribution in [-0.2, 0) is 9.59 Å². The van der Waals surface area contributed by atoms with Crippen molar-refractivity contribution in [3.05, 3.63) is 42.0 Å². The fourth-order valence-electron chi connectivity index (χ4n) is 1.03. The maximum atomic E-state index is 10.8. The van der Waals surface area contributed by atoms with E-state index in [4.69, 9.17) is 10.8 Å². The standard InChI is InChI=1S/C10H9NO3.H3N/c11-9(12)6-8(10(13)14)7-4-2-1-3-5-7;/h1-6H,(H2,11,12)(H,13,14);1H3/b8-6-;. The highest BCUT2D eigenvalue weighted by Gasteiger charge is 2.10. The van der Waals surface area contributed by atoms with Crippen molar-refractivity contribution in [2.24, 2.45) is 5.73 Å². The van der Waals surface area contributed by atoms with Crippen LogP contribution in [0.5, 0.6) is 0 Å². The van der Waals surface area contributed by atoms with Crippen LogP contribution in [0.4, 0.5) is 0 Å². The summed E-state index contributed by atoms with van der Waals surface area (Å²) in [6.45, 7) is 0. The molecule has 1 aromatic rings. The third-order valence-electron chi connectivity index (χ3n) is 1.60. The predicted octanol–water partition coefficient (Wildman–Crippen LogP) is 0.802. The van der Waals surface area contributed by atoms with E-state index < -0.39 is 11.9 Å². The predicted molar refractivity (Wildman–Crippen MR) is 56.3 cm³/mol. The molecule has 0 aliphatic heterocycles. The zero-order valence-electron chi connectivity index (χ0n) is 8.01. The third kappa shape index (κ3) is 3.61. The van der Waals surface area contributed by atoms with Crippen LogP contribution >= 0.6 is 0 Å². The summed E-state index contributed by atoms with van der Waals surface area (Å²) in [7, 11) is 0. The Morgan fingerprint density at radius 3 is 2.13 bits per heavy atom. The summed E-state index contributed by atoms with van der Waals surface area (Å²) >= 11 is 0. The van der Waals surface area contributed by atoms with Crippen LogP contribution in [0.15, 0.2) is 36.4 Å². The molecule has 0 aliphatic carbocycles. The monoisotopic (exact) mass is 208 g/mol. The van der Waals surface area contributed by atoms with Gasteiger partial charge in [0.2, 0.25) is 5.91 Å². The molecular weight excluding hydrogens is 196 g/mol. The van der Waals surface area contributed by atoms with Gasteiger partial charge in [-0.05, 0) is 5.56 Å². The minimum Gasteiger partial charge on any atom is -0.478 e. The summed E-state index contributed by atoms with van der Waals surface area (Å²) in [4.78, 5) is 21.3. The van der Waals surface area contributed by atoms with E-state index in [0.29, 0.717) is 5.56 Å². The van der Waals surface area contributed by atoms with E-state index in [0.717, 1.165) is 6.08 Å². The molecule has 0 saturated heterocycles. The van der Waals surface area contributed by atoms with Crippen molar-refractivity contribution in [3.63, 3.8) is 0 Å². The molecule has 5 heteroatoms. The fraction of sp³-hybridized carbons (Fsp3) is 0. The molecule has 1 rings (SSSR count). The molecule has 80 valence electrons. The molecule has 0 spiro atoms. The first kappa shape index (κ1) is 12.9. The summed E-state index contributed by atoms with van der Waals surface area (Å²) in [6.07, 6.45) is 0.900. The summed E-state index contributed by atoms with van der Waals surface area (Å²) in [5.74, 6) is -1.94. The number of carbonyl (C=O) groups is 2.